The largest absolute Gasteiger partial charge is 0.480 e. The van der Waals surface area contributed by atoms with E-state index in [2.05, 4.69) is 5.32 Å². The highest BCUT2D eigenvalue weighted by Gasteiger charge is 2.31. The lowest BCUT2D eigenvalue weighted by atomic mass is 10.1. The van der Waals surface area contributed by atoms with Crippen LogP contribution in [-0.2, 0) is 25.7 Å². The van der Waals surface area contributed by atoms with E-state index < -0.39 is 18.3 Å². The number of carboxylic acid groups (broad SMARTS) is 1. The average Bonchev–Trinajstić information content (AvgIpc) is 2.77. The summed E-state index contributed by atoms with van der Waals surface area (Å²) in [5, 5.41) is 22.2. The van der Waals surface area contributed by atoms with E-state index in [1.807, 2.05) is 30.3 Å². The molecule has 0 aliphatic carbocycles. The Hall–Kier alpha value is -2.69. The Morgan fingerprint density at radius 3 is 2.61 bits per heavy atom. The molecule has 1 heterocycles. The molecule has 2 rings (SSSR count). The molecule has 10 heteroatoms. The number of hydrogen-bond acceptors (Lipinski definition) is 8. The van der Waals surface area contributed by atoms with Crippen molar-refractivity contribution in [2.24, 2.45) is 0 Å². The highest BCUT2D eigenvalue weighted by molar-refractivity contribution is 5.69. The summed E-state index contributed by atoms with van der Waals surface area (Å²) in [6.07, 6.45) is -0.873. The lowest BCUT2D eigenvalue weighted by Crippen LogP contribution is -2.58. The minimum atomic E-state index is -0.959. The normalized spacial score (nSPS) is 18.2. The molecule has 0 saturated carbocycles. The standard InChI is InChI=1S/C21H31N3O7/c1-2-20(28)30-15-17-12-24(11-10-23(17)13-19(26)27)18(25)8-9-22-21(29)31-14-16-6-4-3-5-7-16/h3-7,17-18,25H,2,8-15H2,1H3,(H,22,29)(H,26,27). The molecule has 1 aromatic carbocycles. The molecule has 0 spiro atoms. The van der Waals surface area contributed by atoms with Crippen LogP contribution < -0.4 is 5.32 Å². The number of benzene rings is 1. The Bertz CT molecular complexity index is 716. The Balaban J connectivity index is 1.75. The van der Waals surface area contributed by atoms with Crippen LogP contribution in [0.2, 0.25) is 0 Å². The zero-order chi connectivity index (χ0) is 22.6. The maximum atomic E-state index is 11.8. The summed E-state index contributed by atoms with van der Waals surface area (Å²) in [5.74, 6) is -1.31. The van der Waals surface area contributed by atoms with Gasteiger partial charge in [0.15, 0.2) is 0 Å². The molecule has 2 atom stereocenters. The number of esters is 1. The molecular formula is C21H31N3O7. The smallest absolute Gasteiger partial charge is 0.407 e. The third kappa shape index (κ3) is 8.91. The molecular weight excluding hydrogens is 406 g/mol. The second-order valence-corrected chi connectivity index (χ2v) is 7.31. The van der Waals surface area contributed by atoms with E-state index >= 15 is 0 Å². The number of carbonyl (C=O) groups is 3. The van der Waals surface area contributed by atoms with E-state index in [9.17, 15) is 19.5 Å². The fraction of sp³-hybridized carbons (Fsp3) is 0.571. The number of amides is 1. The number of nitrogens with one attached hydrogen (secondary N) is 1. The number of alkyl carbamates (subject to hydrolysis) is 1. The molecule has 0 aromatic heterocycles. The molecule has 31 heavy (non-hydrogen) atoms. The van der Waals surface area contributed by atoms with Crippen molar-refractivity contribution < 1.29 is 34.1 Å². The van der Waals surface area contributed by atoms with Gasteiger partial charge in [0.2, 0.25) is 0 Å². The van der Waals surface area contributed by atoms with Crippen LogP contribution in [0.5, 0.6) is 0 Å². The third-order valence-corrected chi connectivity index (χ3v) is 5.01. The summed E-state index contributed by atoms with van der Waals surface area (Å²) in [6.45, 7) is 3.21. The van der Waals surface area contributed by atoms with Gasteiger partial charge in [-0.1, -0.05) is 37.3 Å². The first-order valence-electron chi connectivity index (χ1n) is 10.4. The van der Waals surface area contributed by atoms with Gasteiger partial charge in [-0.3, -0.25) is 19.4 Å². The van der Waals surface area contributed by atoms with Crippen LogP contribution >= 0.6 is 0 Å². The molecule has 172 valence electrons. The van der Waals surface area contributed by atoms with Gasteiger partial charge in [0.05, 0.1) is 12.6 Å². The number of rotatable bonds is 11. The maximum Gasteiger partial charge on any atom is 0.407 e. The van der Waals surface area contributed by atoms with Crippen LogP contribution in [-0.4, -0.2) is 89.6 Å². The Labute approximate surface area is 181 Å². The van der Waals surface area contributed by atoms with E-state index in [1.54, 1.807) is 16.7 Å². The number of hydrogen-bond donors (Lipinski definition) is 3. The number of aliphatic carboxylic acids is 1. The van der Waals surface area contributed by atoms with Crippen molar-refractivity contribution in [2.75, 3.05) is 39.3 Å². The summed E-state index contributed by atoms with van der Waals surface area (Å²) < 4.78 is 10.3. The second-order valence-electron chi connectivity index (χ2n) is 7.31. The number of aliphatic hydroxyl groups excluding tert-OH is 1. The molecule has 10 nitrogen and oxygen atoms in total. The molecule has 1 aromatic rings. The fourth-order valence-electron chi connectivity index (χ4n) is 3.28. The summed E-state index contributed by atoms with van der Waals surface area (Å²) in [6, 6.07) is 8.98. The van der Waals surface area contributed by atoms with Crippen LogP contribution in [0.3, 0.4) is 0 Å². The molecule has 0 radical (unpaired) electrons. The topological polar surface area (TPSA) is 129 Å². The van der Waals surface area contributed by atoms with Crippen molar-refractivity contribution in [3.63, 3.8) is 0 Å². The highest BCUT2D eigenvalue weighted by atomic mass is 16.5. The summed E-state index contributed by atoms with van der Waals surface area (Å²) in [5.41, 5.74) is 0.881. The van der Waals surface area contributed by atoms with Gasteiger partial charge in [0, 0.05) is 39.0 Å². The molecule has 3 N–H and O–H groups in total. The van der Waals surface area contributed by atoms with Crippen molar-refractivity contribution >= 4 is 18.0 Å². The van der Waals surface area contributed by atoms with Crippen molar-refractivity contribution in [3.8, 4) is 0 Å². The Kier molecular flexibility index (Phi) is 10.2. The average molecular weight is 437 g/mol. The number of carbonyl (C=O) groups excluding carboxylic acids is 2. The van der Waals surface area contributed by atoms with Crippen LogP contribution in [0.1, 0.15) is 25.3 Å². The van der Waals surface area contributed by atoms with Crippen molar-refractivity contribution in [2.45, 2.75) is 38.6 Å². The van der Waals surface area contributed by atoms with Crippen molar-refractivity contribution in [1.29, 1.82) is 0 Å². The number of ether oxygens (including phenoxy) is 2. The monoisotopic (exact) mass is 437 g/mol. The second kappa shape index (κ2) is 12.9. The molecule has 1 saturated heterocycles. The lowest BCUT2D eigenvalue weighted by Gasteiger charge is -2.42. The summed E-state index contributed by atoms with van der Waals surface area (Å²) in [4.78, 5) is 37.9. The molecule has 1 amide bonds. The number of piperazine rings is 1. The SMILES string of the molecule is CCC(=O)OCC1CN(C(O)CCNC(=O)OCc2ccccc2)CCN1CC(=O)O. The van der Waals surface area contributed by atoms with Crippen LogP contribution in [0.25, 0.3) is 0 Å². The predicted octanol–water partition coefficient (Wildman–Crippen LogP) is 0.645. The zero-order valence-electron chi connectivity index (χ0n) is 17.7. The van der Waals surface area contributed by atoms with E-state index in [0.717, 1.165) is 5.56 Å². The van der Waals surface area contributed by atoms with Crippen LogP contribution in [0.15, 0.2) is 30.3 Å². The van der Waals surface area contributed by atoms with E-state index in [-0.39, 0.29) is 51.2 Å². The minimum Gasteiger partial charge on any atom is -0.480 e. The number of aliphatic hydroxyl groups is 1. The van der Waals surface area contributed by atoms with Gasteiger partial charge >= 0.3 is 18.0 Å². The first-order valence-corrected chi connectivity index (χ1v) is 10.4. The van der Waals surface area contributed by atoms with E-state index in [4.69, 9.17) is 14.6 Å². The molecule has 1 fully saturated rings. The first-order chi connectivity index (χ1) is 14.9. The molecule has 0 bridgehead atoms. The maximum absolute atomic E-state index is 11.8. The van der Waals surface area contributed by atoms with E-state index in [1.165, 1.54) is 0 Å². The summed E-state index contributed by atoms with van der Waals surface area (Å²) in [7, 11) is 0. The number of carboxylic acids is 1. The molecule has 1 aliphatic heterocycles. The van der Waals surface area contributed by atoms with Gasteiger partial charge in [-0.15, -0.1) is 0 Å². The molecule has 2 unspecified atom stereocenters. The number of nitrogens with zero attached hydrogens (tertiary/aromatic N) is 2. The zero-order valence-corrected chi connectivity index (χ0v) is 17.7. The first kappa shape index (κ1) is 24.6. The van der Waals surface area contributed by atoms with Crippen LogP contribution in [0.4, 0.5) is 4.79 Å². The quantitative estimate of drug-likeness (QED) is 0.427. The van der Waals surface area contributed by atoms with Gasteiger partial charge in [-0.05, 0) is 5.56 Å². The van der Waals surface area contributed by atoms with Gasteiger partial charge in [-0.25, -0.2) is 4.79 Å². The van der Waals surface area contributed by atoms with E-state index in [0.29, 0.717) is 19.6 Å². The fourth-order valence-corrected chi connectivity index (χ4v) is 3.28. The summed E-state index contributed by atoms with van der Waals surface area (Å²) >= 11 is 0. The van der Waals surface area contributed by atoms with Gasteiger partial charge < -0.3 is 25.0 Å². The Morgan fingerprint density at radius 1 is 1.19 bits per heavy atom. The minimum absolute atomic E-state index is 0.0627. The van der Waals surface area contributed by atoms with Crippen LogP contribution in [0, 0.1) is 0 Å². The lowest BCUT2D eigenvalue weighted by molar-refractivity contribution is -0.148. The third-order valence-electron chi connectivity index (χ3n) is 5.01. The van der Waals surface area contributed by atoms with Gasteiger partial charge in [0.1, 0.15) is 19.4 Å². The van der Waals surface area contributed by atoms with Crippen molar-refractivity contribution in [3.05, 3.63) is 35.9 Å². The van der Waals surface area contributed by atoms with Crippen molar-refractivity contribution in [1.82, 2.24) is 15.1 Å². The molecule has 1 aliphatic rings. The Morgan fingerprint density at radius 2 is 1.94 bits per heavy atom. The predicted molar refractivity (Wildman–Crippen MR) is 111 cm³/mol. The van der Waals surface area contributed by atoms with Gasteiger partial charge in [-0.2, -0.15) is 0 Å². The highest BCUT2D eigenvalue weighted by Crippen LogP contribution is 2.14. The van der Waals surface area contributed by atoms with Gasteiger partial charge in [0.25, 0.3) is 0 Å².